The number of amides is 1. The van der Waals surface area contributed by atoms with Gasteiger partial charge in [-0.05, 0) is 52.3 Å². The SMILES string of the molecule is Cc1ccc(NC(=O)[C@H]2O[C@H]3OC(C)(C)O[C@@H]3[C@H]3OC(C)(C)O[C@H]32)cc1Cl. The molecule has 3 aliphatic heterocycles. The fourth-order valence-corrected chi connectivity index (χ4v) is 3.89. The minimum Gasteiger partial charge on any atom is -0.342 e. The monoisotopic (exact) mass is 397 g/mol. The van der Waals surface area contributed by atoms with E-state index in [4.69, 9.17) is 35.3 Å². The van der Waals surface area contributed by atoms with E-state index in [1.807, 2.05) is 13.0 Å². The number of hydrogen-bond acceptors (Lipinski definition) is 6. The number of carbonyl (C=O) groups is 1. The maximum absolute atomic E-state index is 13.0. The van der Waals surface area contributed by atoms with Crippen molar-refractivity contribution in [2.24, 2.45) is 0 Å². The van der Waals surface area contributed by atoms with Crippen LogP contribution in [0.1, 0.15) is 33.3 Å². The Labute approximate surface area is 163 Å². The van der Waals surface area contributed by atoms with Gasteiger partial charge in [0.2, 0.25) is 0 Å². The van der Waals surface area contributed by atoms with Crippen LogP contribution in [0.5, 0.6) is 0 Å². The van der Waals surface area contributed by atoms with Crippen LogP contribution in [-0.2, 0) is 28.5 Å². The van der Waals surface area contributed by atoms with Crippen LogP contribution >= 0.6 is 11.6 Å². The molecule has 148 valence electrons. The average Bonchev–Trinajstić information content (AvgIpc) is 3.04. The van der Waals surface area contributed by atoms with E-state index in [0.29, 0.717) is 10.7 Å². The highest BCUT2D eigenvalue weighted by Gasteiger charge is 2.62. The zero-order valence-corrected chi connectivity index (χ0v) is 16.7. The Morgan fingerprint density at radius 3 is 2.33 bits per heavy atom. The smallest absolute Gasteiger partial charge is 0.256 e. The third-order valence-corrected chi connectivity index (χ3v) is 5.26. The Morgan fingerprint density at radius 2 is 1.63 bits per heavy atom. The van der Waals surface area contributed by atoms with Gasteiger partial charge in [0.15, 0.2) is 24.0 Å². The summed E-state index contributed by atoms with van der Waals surface area (Å²) >= 11 is 6.15. The number of benzene rings is 1. The molecule has 1 aromatic carbocycles. The summed E-state index contributed by atoms with van der Waals surface area (Å²) in [6.45, 7) is 9.10. The van der Waals surface area contributed by atoms with Crippen LogP contribution in [0.3, 0.4) is 0 Å². The summed E-state index contributed by atoms with van der Waals surface area (Å²) in [5, 5.41) is 3.42. The largest absolute Gasteiger partial charge is 0.342 e. The van der Waals surface area contributed by atoms with Crippen molar-refractivity contribution in [3.8, 4) is 0 Å². The Bertz CT molecular complexity index is 767. The van der Waals surface area contributed by atoms with E-state index in [9.17, 15) is 4.79 Å². The average molecular weight is 398 g/mol. The third-order valence-electron chi connectivity index (χ3n) is 4.85. The molecule has 0 aromatic heterocycles. The van der Waals surface area contributed by atoms with Gasteiger partial charge in [0.05, 0.1) is 0 Å². The lowest BCUT2D eigenvalue weighted by Crippen LogP contribution is -2.58. The van der Waals surface area contributed by atoms with Crippen LogP contribution in [0.2, 0.25) is 5.02 Å². The number of hydrogen-bond donors (Lipinski definition) is 1. The molecule has 7 nitrogen and oxygen atoms in total. The van der Waals surface area contributed by atoms with Gasteiger partial charge in [-0.25, -0.2) is 0 Å². The number of anilines is 1. The molecule has 0 radical (unpaired) electrons. The molecular weight excluding hydrogens is 374 g/mol. The highest BCUT2D eigenvalue weighted by Crippen LogP contribution is 2.44. The van der Waals surface area contributed by atoms with Gasteiger partial charge in [-0.2, -0.15) is 0 Å². The summed E-state index contributed by atoms with van der Waals surface area (Å²) in [5.74, 6) is -2.03. The maximum Gasteiger partial charge on any atom is 0.256 e. The normalized spacial score (nSPS) is 36.1. The first-order valence-electron chi connectivity index (χ1n) is 8.98. The summed E-state index contributed by atoms with van der Waals surface area (Å²) < 4.78 is 29.7. The van der Waals surface area contributed by atoms with Crippen molar-refractivity contribution in [2.45, 2.75) is 76.9 Å². The van der Waals surface area contributed by atoms with E-state index in [1.165, 1.54) is 0 Å². The molecule has 5 atom stereocenters. The minimum absolute atomic E-state index is 0.349. The van der Waals surface area contributed by atoms with Crippen molar-refractivity contribution in [1.82, 2.24) is 0 Å². The molecule has 3 aliphatic rings. The Morgan fingerprint density at radius 1 is 1.00 bits per heavy atom. The standard InChI is InChI=1S/C19H24ClNO6/c1-9-6-7-10(8-11(9)20)21-16(22)14-12-13(25-18(2,3)24-12)15-17(23-14)27-19(4,5)26-15/h6-8,12-15,17H,1-5H3,(H,21,22)/t12-,13+,14+,15-,17+/m1/s1. The molecule has 0 aliphatic carbocycles. The second-order valence-corrected chi connectivity index (χ2v) is 8.45. The molecule has 0 bridgehead atoms. The first kappa shape index (κ1) is 19.1. The third kappa shape index (κ3) is 3.60. The highest BCUT2D eigenvalue weighted by atomic mass is 35.5. The molecule has 4 rings (SSSR count). The van der Waals surface area contributed by atoms with Gasteiger partial charge in [-0.3, -0.25) is 4.79 Å². The molecule has 3 saturated heterocycles. The maximum atomic E-state index is 13.0. The number of fused-ring (bicyclic) bond motifs is 3. The van der Waals surface area contributed by atoms with Gasteiger partial charge in [0.25, 0.3) is 5.91 Å². The summed E-state index contributed by atoms with van der Waals surface area (Å²) in [4.78, 5) is 13.0. The van der Waals surface area contributed by atoms with E-state index < -0.39 is 42.3 Å². The molecule has 27 heavy (non-hydrogen) atoms. The van der Waals surface area contributed by atoms with Crippen molar-refractivity contribution >= 4 is 23.2 Å². The Hall–Kier alpha value is -1.22. The van der Waals surface area contributed by atoms with E-state index >= 15 is 0 Å². The van der Waals surface area contributed by atoms with Gasteiger partial charge in [0, 0.05) is 10.7 Å². The van der Waals surface area contributed by atoms with Crippen LogP contribution in [0.25, 0.3) is 0 Å². The Kier molecular flexibility index (Phi) is 4.53. The number of rotatable bonds is 2. The molecule has 8 heteroatoms. The topological polar surface area (TPSA) is 75.3 Å². The molecule has 0 spiro atoms. The van der Waals surface area contributed by atoms with Crippen molar-refractivity contribution < 1.29 is 28.5 Å². The van der Waals surface area contributed by atoms with Crippen molar-refractivity contribution in [1.29, 1.82) is 0 Å². The summed E-state index contributed by atoms with van der Waals surface area (Å²) in [5.41, 5.74) is 1.51. The van der Waals surface area contributed by atoms with Gasteiger partial charge >= 0.3 is 0 Å². The molecule has 1 aromatic rings. The molecule has 1 amide bonds. The predicted molar refractivity (Wildman–Crippen MR) is 97.3 cm³/mol. The second kappa shape index (κ2) is 6.40. The lowest BCUT2D eigenvalue weighted by Gasteiger charge is -2.36. The van der Waals surface area contributed by atoms with Crippen LogP contribution in [0, 0.1) is 6.92 Å². The van der Waals surface area contributed by atoms with Crippen LogP contribution < -0.4 is 5.32 Å². The zero-order valence-electron chi connectivity index (χ0n) is 15.9. The number of nitrogens with one attached hydrogen (secondary N) is 1. The quantitative estimate of drug-likeness (QED) is 0.826. The van der Waals surface area contributed by atoms with Gasteiger partial charge < -0.3 is 29.0 Å². The lowest BCUT2D eigenvalue weighted by molar-refractivity contribution is -0.229. The van der Waals surface area contributed by atoms with E-state index in [1.54, 1.807) is 39.8 Å². The highest BCUT2D eigenvalue weighted by molar-refractivity contribution is 6.31. The van der Waals surface area contributed by atoms with Gasteiger partial charge in [-0.1, -0.05) is 17.7 Å². The first-order valence-corrected chi connectivity index (χ1v) is 9.36. The van der Waals surface area contributed by atoms with E-state index in [2.05, 4.69) is 5.32 Å². The van der Waals surface area contributed by atoms with Crippen molar-refractivity contribution in [3.05, 3.63) is 28.8 Å². The summed E-state index contributed by atoms with van der Waals surface area (Å²) in [6.07, 6.45) is -3.17. The van der Waals surface area contributed by atoms with Crippen LogP contribution in [0.4, 0.5) is 5.69 Å². The minimum atomic E-state index is -0.907. The van der Waals surface area contributed by atoms with E-state index in [-0.39, 0.29) is 5.91 Å². The summed E-state index contributed by atoms with van der Waals surface area (Å²) in [6, 6.07) is 5.33. The second-order valence-electron chi connectivity index (χ2n) is 8.04. The fraction of sp³-hybridized carbons (Fsp3) is 0.632. The zero-order chi connectivity index (χ0) is 19.6. The molecule has 3 fully saturated rings. The number of halogens is 1. The van der Waals surface area contributed by atoms with Crippen molar-refractivity contribution in [2.75, 3.05) is 5.32 Å². The predicted octanol–water partition coefficient (Wildman–Crippen LogP) is 2.98. The number of ether oxygens (including phenoxy) is 5. The number of carbonyl (C=O) groups excluding carboxylic acids is 1. The van der Waals surface area contributed by atoms with Crippen LogP contribution in [-0.4, -0.2) is 48.2 Å². The number of aryl methyl sites for hydroxylation is 1. The lowest BCUT2D eigenvalue weighted by atomic mass is 9.98. The summed E-state index contributed by atoms with van der Waals surface area (Å²) in [7, 11) is 0. The molecule has 3 heterocycles. The molecule has 0 saturated carbocycles. The van der Waals surface area contributed by atoms with Crippen molar-refractivity contribution in [3.63, 3.8) is 0 Å². The first-order chi connectivity index (χ1) is 12.5. The van der Waals surface area contributed by atoms with Gasteiger partial charge in [-0.15, -0.1) is 0 Å². The Balaban J connectivity index is 1.57. The van der Waals surface area contributed by atoms with E-state index in [0.717, 1.165) is 5.56 Å². The molecule has 0 unspecified atom stereocenters. The fourth-order valence-electron chi connectivity index (χ4n) is 3.71. The van der Waals surface area contributed by atoms with Gasteiger partial charge in [0.1, 0.15) is 18.3 Å². The van der Waals surface area contributed by atoms with Crippen LogP contribution in [0.15, 0.2) is 18.2 Å². The molecule has 1 N–H and O–H groups in total. The molecular formula is C19H24ClNO6.